The number of benzene rings is 2. The van der Waals surface area contributed by atoms with Gasteiger partial charge >= 0.3 is 0 Å². The first-order chi connectivity index (χ1) is 16.1. The number of amides is 1. The zero-order chi connectivity index (χ0) is 22.8. The van der Waals surface area contributed by atoms with Crippen molar-refractivity contribution >= 4 is 5.91 Å². The number of imidazole rings is 1. The molecule has 2 aliphatic rings. The van der Waals surface area contributed by atoms with Gasteiger partial charge in [0.05, 0.1) is 6.54 Å². The van der Waals surface area contributed by atoms with Crippen LogP contribution in [0.15, 0.2) is 73.1 Å². The summed E-state index contributed by atoms with van der Waals surface area (Å²) in [4.78, 5) is 13.3. The first-order valence-corrected chi connectivity index (χ1v) is 12.6. The number of carbonyl (C=O) groups is 1. The lowest BCUT2D eigenvalue weighted by Crippen LogP contribution is -2.47. The lowest BCUT2D eigenvalue weighted by atomic mass is 9.64. The van der Waals surface area contributed by atoms with Gasteiger partial charge in [0.15, 0.2) is 0 Å². The van der Waals surface area contributed by atoms with Gasteiger partial charge in [0.1, 0.15) is 23.9 Å². The predicted octanol–water partition coefficient (Wildman–Crippen LogP) is 5.09. The monoisotopic (exact) mass is 442 g/mol. The molecule has 1 heterocycles. The summed E-state index contributed by atoms with van der Waals surface area (Å²) in [5.41, 5.74) is 7.49. The van der Waals surface area contributed by atoms with E-state index >= 15 is 0 Å². The smallest absolute Gasteiger partial charge is 0.253 e. The molecule has 2 fully saturated rings. The first-order valence-electron chi connectivity index (χ1n) is 12.6. The minimum atomic E-state index is -0.807. The van der Waals surface area contributed by atoms with Crippen molar-refractivity contribution in [1.82, 2.24) is 4.57 Å². The molecule has 0 spiro atoms. The van der Waals surface area contributed by atoms with Crippen molar-refractivity contribution in [3.05, 3.63) is 90.0 Å². The van der Waals surface area contributed by atoms with Crippen molar-refractivity contribution in [3.63, 3.8) is 0 Å². The number of primary amides is 1. The van der Waals surface area contributed by atoms with Crippen LogP contribution >= 0.6 is 0 Å². The summed E-state index contributed by atoms with van der Waals surface area (Å²) in [7, 11) is 0. The van der Waals surface area contributed by atoms with E-state index in [2.05, 4.69) is 52.7 Å². The number of aromatic nitrogens is 2. The second-order valence-electron chi connectivity index (χ2n) is 10.1. The summed E-state index contributed by atoms with van der Waals surface area (Å²) >= 11 is 0. The standard InChI is InChI=1S/C29H35N3O/c1-22-31(21-23-10-8-9-11-23)18-19-32(22)27-17-16-26(20-27)29(28(30)33,24-12-4-2-5-13-24)25-14-6-3-7-15-25/h2-7,12-15,18-19,23,26-27H,8-11,16-17,20-21H2,1H3,(H-,30,33)/p+1/t26-,27-/m1/s1. The Hall–Kier alpha value is -2.88. The van der Waals surface area contributed by atoms with Crippen LogP contribution in [-0.2, 0) is 16.8 Å². The van der Waals surface area contributed by atoms with Crippen molar-refractivity contribution in [3.8, 4) is 0 Å². The van der Waals surface area contributed by atoms with E-state index in [0.29, 0.717) is 6.04 Å². The van der Waals surface area contributed by atoms with Crippen LogP contribution in [0, 0.1) is 18.8 Å². The summed E-state index contributed by atoms with van der Waals surface area (Å²) in [6, 6.07) is 20.8. The van der Waals surface area contributed by atoms with Gasteiger partial charge in [0.2, 0.25) is 5.91 Å². The van der Waals surface area contributed by atoms with E-state index in [1.807, 2.05) is 36.4 Å². The maximum atomic E-state index is 13.3. The Morgan fingerprint density at radius 3 is 2.15 bits per heavy atom. The third-order valence-electron chi connectivity index (χ3n) is 8.38. The number of carbonyl (C=O) groups excluding carboxylic acids is 1. The molecule has 2 aromatic carbocycles. The van der Waals surface area contributed by atoms with Crippen LogP contribution in [0.2, 0.25) is 0 Å². The molecule has 33 heavy (non-hydrogen) atoms. The molecule has 4 heteroatoms. The van der Waals surface area contributed by atoms with Gasteiger partial charge in [-0.2, -0.15) is 0 Å². The molecule has 1 aromatic heterocycles. The number of nitrogens with zero attached hydrogens (tertiary/aromatic N) is 2. The molecule has 0 bridgehead atoms. The van der Waals surface area contributed by atoms with Gasteiger partial charge in [-0.3, -0.25) is 4.79 Å². The maximum Gasteiger partial charge on any atom is 0.253 e. The minimum absolute atomic E-state index is 0.162. The van der Waals surface area contributed by atoms with E-state index in [1.54, 1.807) is 0 Å². The van der Waals surface area contributed by atoms with Gasteiger partial charge in [-0.15, -0.1) is 0 Å². The Kier molecular flexibility index (Phi) is 6.09. The molecule has 172 valence electrons. The van der Waals surface area contributed by atoms with E-state index < -0.39 is 5.41 Å². The molecule has 0 saturated heterocycles. The molecule has 0 aliphatic heterocycles. The normalized spacial score (nSPS) is 21.5. The fourth-order valence-electron chi connectivity index (χ4n) is 6.70. The van der Waals surface area contributed by atoms with Crippen molar-refractivity contribution in [1.29, 1.82) is 0 Å². The van der Waals surface area contributed by atoms with E-state index in [1.165, 1.54) is 31.5 Å². The molecule has 2 atom stereocenters. The quantitative estimate of drug-likeness (QED) is 0.509. The highest BCUT2D eigenvalue weighted by atomic mass is 16.1. The summed E-state index contributed by atoms with van der Waals surface area (Å²) in [6.07, 6.45) is 13.0. The largest absolute Gasteiger partial charge is 0.369 e. The topological polar surface area (TPSA) is 51.9 Å². The third kappa shape index (κ3) is 3.90. The van der Waals surface area contributed by atoms with Crippen LogP contribution in [0.3, 0.4) is 0 Å². The lowest BCUT2D eigenvalue weighted by Gasteiger charge is -2.37. The summed E-state index contributed by atoms with van der Waals surface area (Å²) in [6.45, 7) is 3.38. The fraction of sp³-hybridized carbons (Fsp3) is 0.448. The predicted molar refractivity (Wildman–Crippen MR) is 131 cm³/mol. The molecule has 3 aromatic rings. The molecular weight excluding hydrogens is 406 g/mol. The van der Waals surface area contributed by atoms with Gasteiger partial charge in [0.25, 0.3) is 5.82 Å². The summed E-state index contributed by atoms with van der Waals surface area (Å²) < 4.78 is 4.90. The molecule has 2 N–H and O–H groups in total. The van der Waals surface area contributed by atoms with Crippen LogP contribution in [0.25, 0.3) is 0 Å². The first kappa shape index (κ1) is 21.9. The van der Waals surface area contributed by atoms with Gasteiger partial charge < -0.3 is 5.73 Å². The van der Waals surface area contributed by atoms with Gasteiger partial charge in [0, 0.05) is 6.92 Å². The molecule has 0 unspecified atom stereocenters. The second kappa shape index (κ2) is 9.17. The highest BCUT2D eigenvalue weighted by Crippen LogP contribution is 2.50. The minimum Gasteiger partial charge on any atom is -0.369 e. The van der Waals surface area contributed by atoms with Crippen LogP contribution < -0.4 is 10.3 Å². The van der Waals surface area contributed by atoms with Crippen molar-refractivity contribution in [2.45, 2.75) is 69.9 Å². The van der Waals surface area contributed by atoms with Crippen molar-refractivity contribution in [2.24, 2.45) is 17.6 Å². The van der Waals surface area contributed by atoms with Crippen molar-refractivity contribution in [2.75, 3.05) is 0 Å². The maximum absolute atomic E-state index is 13.3. The summed E-state index contributed by atoms with van der Waals surface area (Å²) in [5.74, 6) is 2.07. The van der Waals surface area contributed by atoms with E-state index in [-0.39, 0.29) is 11.8 Å². The number of rotatable bonds is 7. The van der Waals surface area contributed by atoms with Gasteiger partial charge in [-0.25, -0.2) is 9.13 Å². The van der Waals surface area contributed by atoms with E-state index in [9.17, 15) is 4.79 Å². The van der Waals surface area contributed by atoms with Crippen LogP contribution in [0.5, 0.6) is 0 Å². The molecule has 1 amide bonds. The average Bonchev–Trinajstić information content (AvgIpc) is 3.59. The van der Waals surface area contributed by atoms with Gasteiger partial charge in [-0.05, 0) is 55.1 Å². The average molecular weight is 443 g/mol. The zero-order valence-corrected chi connectivity index (χ0v) is 19.7. The molecule has 2 aliphatic carbocycles. The van der Waals surface area contributed by atoms with Crippen LogP contribution in [0.1, 0.15) is 67.9 Å². The van der Waals surface area contributed by atoms with E-state index in [0.717, 1.165) is 42.9 Å². The lowest BCUT2D eigenvalue weighted by molar-refractivity contribution is -0.708. The molecule has 2 saturated carbocycles. The second-order valence-corrected chi connectivity index (χ2v) is 10.1. The SMILES string of the molecule is Cc1n([C@@H]2CC[C@@H](C(C(N)=O)(c3ccccc3)c3ccccc3)C2)cc[n+]1CC1CCCC1. The Labute approximate surface area is 197 Å². The van der Waals surface area contributed by atoms with Crippen LogP contribution in [-0.4, -0.2) is 10.5 Å². The molecular formula is C29H36N3O+. The highest BCUT2D eigenvalue weighted by molar-refractivity contribution is 5.91. The van der Waals surface area contributed by atoms with Crippen molar-refractivity contribution < 1.29 is 9.36 Å². The summed E-state index contributed by atoms with van der Waals surface area (Å²) in [5, 5.41) is 0. The zero-order valence-electron chi connectivity index (χ0n) is 19.7. The third-order valence-corrected chi connectivity index (χ3v) is 8.38. The highest BCUT2D eigenvalue weighted by Gasteiger charge is 2.51. The Morgan fingerprint density at radius 1 is 0.970 bits per heavy atom. The van der Waals surface area contributed by atoms with E-state index in [4.69, 9.17) is 5.73 Å². The van der Waals surface area contributed by atoms with Gasteiger partial charge in [-0.1, -0.05) is 73.5 Å². The fourth-order valence-corrected chi connectivity index (χ4v) is 6.70. The Balaban J connectivity index is 1.47. The Morgan fingerprint density at radius 2 is 1.58 bits per heavy atom. The number of hydrogen-bond acceptors (Lipinski definition) is 1. The molecule has 5 rings (SSSR count). The Bertz CT molecular complexity index is 1040. The molecule has 4 nitrogen and oxygen atoms in total. The number of hydrogen-bond donors (Lipinski definition) is 1. The van der Waals surface area contributed by atoms with Crippen LogP contribution in [0.4, 0.5) is 0 Å². The number of nitrogens with two attached hydrogens (primary N) is 1. The molecule has 0 radical (unpaired) electrons.